The van der Waals surface area contributed by atoms with E-state index in [-0.39, 0.29) is 0 Å². The van der Waals surface area contributed by atoms with Gasteiger partial charge in [-0.25, -0.2) is 23.2 Å². The Morgan fingerprint density at radius 3 is 1.53 bits per heavy atom. The van der Waals surface area contributed by atoms with Crippen LogP contribution in [0.3, 0.4) is 0 Å². The van der Waals surface area contributed by atoms with E-state index in [0.29, 0.717) is 0 Å². The molecule has 2 aliphatic heterocycles. The van der Waals surface area contributed by atoms with Gasteiger partial charge in [-0.15, -0.1) is 10.2 Å². The van der Waals surface area contributed by atoms with Crippen LogP contribution in [0.1, 0.15) is 38.5 Å². The van der Waals surface area contributed by atoms with Crippen LogP contribution < -0.4 is 18.6 Å². The summed E-state index contributed by atoms with van der Waals surface area (Å²) in [4.78, 5) is 0. The molecule has 0 fully saturated rings. The minimum absolute atomic E-state index is 1.36. The Hall–Kier alpha value is -0.200. The third-order valence-electron chi connectivity index (χ3n) is 2.73. The molecule has 5 nitrogen and oxygen atoms in total. The first-order valence-electron chi connectivity index (χ1n) is 5.18. The average Bonchev–Trinajstić information content (AvgIpc) is 2.16. The van der Waals surface area contributed by atoms with Crippen LogP contribution in [-0.2, 0) is 0 Å². The van der Waals surface area contributed by atoms with Crippen LogP contribution in [0.25, 0.3) is 0 Å². The Balaban J connectivity index is 0.000000195. The minimum Gasteiger partial charge on any atom is -0.237 e. The maximum Gasteiger partial charge on any atom is 0.152 e. The highest BCUT2D eigenvalue weighted by molar-refractivity contribution is 5.80. The lowest BCUT2D eigenvalue weighted by Crippen LogP contribution is -2.68. The average molecular weight is 238 g/mol. The molecule has 0 unspecified atom stereocenters. The van der Waals surface area contributed by atoms with Crippen molar-refractivity contribution in [3.63, 3.8) is 0 Å². The van der Waals surface area contributed by atoms with Crippen molar-refractivity contribution in [2.24, 2.45) is 0 Å². The number of rotatable bonds is 0. The lowest BCUT2D eigenvalue weighted by Gasteiger charge is -2.18. The van der Waals surface area contributed by atoms with Crippen molar-refractivity contribution in [1.29, 1.82) is 0 Å². The van der Waals surface area contributed by atoms with E-state index < -0.39 is 10.2 Å². The van der Waals surface area contributed by atoms with Gasteiger partial charge in [0.2, 0.25) is 0 Å². The molecule has 0 saturated carbocycles. The first-order valence-corrected chi connectivity index (χ1v) is 6.41. The highest BCUT2D eigenvalue weighted by Gasteiger charge is 2.22. The molecule has 0 aliphatic carbocycles. The lowest BCUT2D eigenvalue weighted by atomic mass is 9.99. The molecule has 0 N–H and O–H groups in total. The van der Waals surface area contributed by atoms with Crippen LogP contribution in [0.5, 0.6) is 0 Å². The predicted molar refractivity (Wildman–Crippen MR) is 42.7 cm³/mol. The lowest BCUT2D eigenvalue weighted by molar-refractivity contribution is -2.00. The molecule has 0 radical (unpaired) electrons. The Morgan fingerprint density at radius 2 is 1.20 bits per heavy atom. The van der Waals surface area contributed by atoms with E-state index in [2.05, 4.69) is 4.58 Å². The Morgan fingerprint density at radius 1 is 0.800 bits per heavy atom. The van der Waals surface area contributed by atoms with E-state index in [4.69, 9.17) is 18.6 Å². The summed E-state index contributed by atoms with van der Waals surface area (Å²) >= 11 is 0. The molecular formula is C9H16ClNO4. The van der Waals surface area contributed by atoms with Gasteiger partial charge in [0.1, 0.15) is 13.1 Å². The molecule has 0 spiro atoms. The number of hydrogen-bond donors (Lipinski definition) is 0. The maximum absolute atomic E-state index is 8.49. The van der Waals surface area contributed by atoms with Crippen LogP contribution in [0.4, 0.5) is 0 Å². The first kappa shape index (κ1) is 12.9. The third kappa shape index (κ3) is 6.06. The van der Waals surface area contributed by atoms with Gasteiger partial charge < -0.3 is 0 Å². The van der Waals surface area contributed by atoms with Crippen molar-refractivity contribution in [1.82, 2.24) is 0 Å². The van der Waals surface area contributed by atoms with Crippen molar-refractivity contribution in [3.8, 4) is 0 Å². The van der Waals surface area contributed by atoms with Crippen molar-refractivity contribution in [3.05, 3.63) is 0 Å². The highest BCUT2D eigenvalue weighted by Crippen LogP contribution is 2.15. The van der Waals surface area contributed by atoms with Gasteiger partial charge in [-0.3, -0.25) is 0 Å². The Labute approximate surface area is 91.4 Å². The fourth-order valence-electron chi connectivity index (χ4n) is 2.13. The van der Waals surface area contributed by atoms with Crippen LogP contribution in [0, 0.1) is 10.2 Å². The smallest absolute Gasteiger partial charge is 0.152 e. The number of halogens is 1. The molecule has 0 aromatic carbocycles. The zero-order valence-electron chi connectivity index (χ0n) is 8.62. The van der Waals surface area contributed by atoms with Gasteiger partial charge in [-0.2, -0.15) is 0 Å². The van der Waals surface area contributed by atoms with Crippen molar-refractivity contribution < 1.29 is 33.5 Å². The van der Waals surface area contributed by atoms with Gasteiger partial charge >= 0.3 is 0 Å². The molecule has 0 saturated heterocycles. The fourth-order valence-corrected chi connectivity index (χ4v) is 2.13. The van der Waals surface area contributed by atoms with Gasteiger partial charge in [0.25, 0.3) is 0 Å². The summed E-state index contributed by atoms with van der Waals surface area (Å²) in [5.74, 6) is 0. The first-order chi connectivity index (χ1) is 6.97. The second-order valence-electron chi connectivity index (χ2n) is 3.85. The minimum atomic E-state index is -4.94. The summed E-state index contributed by atoms with van der Waals surface area (Å²) < 4.78 is 36.6. The van der Waals surface area contributed by atoms with E-state index in [0.717, 1.165) is 0 Å². The molecule has 2 rings (SSSR count). The number of nitrogens with zero attached hydrogens (tertiary/aromatic N) is 1. The van der Waals surface area contributed by atoms with Gasteiger partial charge in [-0.05, 0) is 12.8 Å². The van der Waals surface area contributed by atoms with E-state index in [1.807, 2.05) is 0 Å². The fraction of sp³-hybridized carbons (Fsp3) is 0.889. The SMILES string of the molecule is C1CC[N+]2=C(C1)CCCC2.[O-][Cl+3]([O-])([O-])[O-]. The zero-order valence-corrected chi connectivity index (χ0v) is 9.37. The van der Waals surface area contributed by atoms with Crippen molar-refractivity contribution in [2.75, 3.05) is 13.1 Å². The molecule has 0 bridgehead atoms. The summed E-state index contributed by atoms with van der Waals surface area (Å²) in [6.07, 6.45) is 8.57. The zero-order chi connectivity index (χ0) is 11.3. The Kier molecular flexibility index (Phi) is 4.95. The van der Waals surface area contributed by atoms with Gasteiger partial charge in [0.05, 0.1) is 0 Å². The Bertz CT molecular complexity index is 197. The molecule has 2 heterocycles. The summed E-state index contributed by atoms with van der Waals surface area (Å²) in [7, 11) is -4.94. The van der Waals surface area contributed by atoms with Gasteiger partial charge in [0, 0.05) is 25.7 Å². The largest absolute Gasteiger partial charge is 0.237 e. The molecule has 15 heavy (non-hydrogen) atoms. The maximum atomic E-state index is 8.49. The topological polar surface area (TPSA) is 95.2 Å². The quantitative estimate of drug-likeness (QED) is 0.421. The second kappa shape index (κ2) is 5.77. The molecule has 2 aliphatic rings. The van der Waals surface area contributed by atoms with Crippen LogP contribution in [0.2, 0.25) is 0 Å². The van der Waals surface area contributed by atoms with Crippen molar-refractivity contribution >= 4 is 5.71 Å². The normalized spacial score (nSPS) is 21.6. The van der Waals surface area contributed by atoms with Crippen molar-refractivity contribution in [2.45, 2.75) is 38.5 Å². The van der Waals surface area contributed by atoms with Crippen LogP contribution >= 0.6 is 0 Å². The van der Waals surface area contributed by atoms with E-state index in [9.17, 15) is 0 Å². The van der Waals surface area contributed by atoms with Gasteiger partial charge in [-0.1, -0.05) is 0 Å². The van der Waals surface area contributed by atoms with Gasteiger partial charge in [0.15, 0.2) is 5.71 Å². The number of hydrogen-bond acceptors (Lipinski definition) is 4. The molecule has 6 heteroatoms. The molecule has 0 aromatic heterocycles. The van der Waals surface area contributed by atoms with Crippen LogP contribution in [-0.4, -0.2) is 23.4 Å². The third-order valence-corrected chi connectivity index (χ3v) is 2.73. The molecular weight excluding hydrogens is 222 g/mol. The standard InChI is InChI=1S/C9H16N.ClHO4/c1-3-7-10-8-4-2-6-9(10)5-1;2-1(3,4)5/h1-8H2;(H,2,3,4,5)/q+1;/p-1. The second-order valence-corrected chi connectivity index (χ2v) is 4.60. The predicted octanol–water partition coefficient (Wildman–Crippen LogP) is -2.95. The van der Waals surface area contributed by atoms with E-state index >= 15 is 0 Å². The molecule has 0 amide bonds. The summed E-state index contributed by atoms with van der Waals surface area (Å²) in [6.45, 7) is 2.71. The summed E-state index contributed by atoms with van der Waals surface area (Å²) in [5, 5.41) is 0. The monoisotopic (exact) mass is 237 g/mol. The van der Waals surface area contributed by atoms with E-state index in [1.54, 1.807) is 5.71 Å². The summed E-state index contributed by atoms with van der Waals surface area (Å²) in [6, 6.07) is 0. The molecule has 88 valence electrons. The molecule has 0 atom stereocenters. The summed E-state index contributed by atoms with van der Waals surface area (Å²) in [5.41, 5.74) is 1.76. The van der Waals surface area contributed by atoms with Crippen LogP contribution in [0.15, 0.2) is 0 Å². The van der Waals surface area contributed by atoms with E-state index in [1.165, 1.54) is 51.6 Å². The highest BCUT2D eigenvalue weighted by atomic mass is 35.7. The molecule has 0 aromatic rings.